The minimum absolute atomic E-state index is 0.150. The zero-order valence-electron chi connectivity index (χ0n) is 13.9. The number of aliphatic hydroxyl groups excluding tert-OH is 2. The van der Waals surface area contributed by atoms with Gasteiger partial charge in [-0.05, 0) is 73.0 Å². The van der Waals surface area contributed by atoms with Crippen LogP contribution >= 0.6 is 0 Å². The van der Waals surface area contributed by atoms with Crippen molar-refractivity contribution in [3.8, 4) is 0 Å². The molecule has 9 atom stereocenters. The molecule has 0 saturated heterocycles. The first-order chi connectivity index (χ1) is 10.4. The molecule has 4 N–H and O–H groups in total. The average Bonchev–Trinajstić information content (AvgIpc) is 2.77. The number of hydrogen-bond donors (Lipinski definition) is 3. The molecule has 3 heteroatoms. The first kappa shape index (κ1) is 15.2. The monoisotopic (exact) mass is 305 g/mol. The summed E-state index contributed by atoms with van der Waals surface area (Å²) in [6.45, 7) is 4.74. The molecule has 124 valence electrons. The van der Waals surface area contributed by atoms with E-state index in [-0.39, 0.29) is 23.0 Å². The molecule has 0 aromatic heterocycles. The van der Waals surface area contributed by atoms with E-state index in [0.29, 0.717) is 29.7 Å². The van der Waals surface area contributed by atoms with Gasteiger partial charge in [0.2, 0.25) is 0 Å². The lowest BCUT2D eigenvalue weighted by Crippen LogP contribution is -2.58. The van der Waals surface area contributed by atoms with Crippen LogP contribution in [0.2, 0.25) is 0 Å². The third-order valence-corrected chi connectivity index (χ3v) is 8.26. The Morgan fingerprint density at radius 3 is 2.59 bits per heavy atom. The Balaban J connectivity index is 1.71. The summed E-state index contributed by atoms with van der Waals surface area (Å²) in [7, 11) is 0. The summed E-state index contributed by atoms with van der Waals surface area (Å²) >= 11 is 0. The van der Waals surface area contributed by atoms with Gasteiger partial charge in [0.05, 0.1) is 12.2 Å². The van der Waals surface area contributed by atoms with Crippen LogP contribution in [0.3, 0.4) is 0 Å². The van der Waals surface area contributed by atoms with Crippen molar-refractivity contribution in [1.82, 2.24) is 0 Å². The minimum Gasteiger partial charge on any atom is -0.393 e. The van der Waals surface area contributed by atoms with Crippen LogP contribution in [0.4, 0.5) is 0 Å². The maximum Gasteiger partial charge on any atom is 0.0724 e. The highest BCUT2D eigenvalue weighted by molar-refractivity contribution is 5.19. The van der Waals surface area contributed by atoms with Crippen molar-refractivity contribution in [3.63, 3.8) is 0 Å². The standard InChI is InChI=1S/C19H31NO2/c1-18-7-5-12(21)9-11(18)10-15(22)17-13-3-4-16(20)19(13,2)8-6-14(17)18/h5,7,11-17,21-22H,3-4,6,8-10,20H2,1-2H3/t11?,12-,13-,14-,15-,16-,17-,18-,19-/m0/s1. The molecule has 0 bridgehead atoms. The van der Waals surface area contributed by atoms with Crippen molar-refractivity contribution >= 4 is 0 Å². The lowest BCUT2D eigenvalue weighted by molar-refractivity contribution is -0.139. The molecule has 3 fully saturated rings. The van der Waals surface area contributed by atoms with Gasteiger partial charge in [-0.3, -0.25) is 0 Å². The summed E-state index contributed by atoms with van der Waals surface area (Å²) in [4.78, 5) is 0. The average molecular weight is 305 g/mol. The van der Waals surface area contributed by atoms with Gasteiger partial charge in [0, 0.05) is 6.04 Å². The van der Waals surface area contributed by atoms with Gasteiger partial charge in [-0.1, -0.05) is 26.0 Å². The lowest BCUT2D eigenvalue weighted by atomic mass is 9.45. The molecule has 0 aromatic rings. The highest BCUT2D eigenvalue weighted by atomic mass is 16.3. The normalized spacial score (nSPS) is 60.5. The van der Waals surface area contributed by atoms with Gasteiger partial charge in [0.1, 0.15) is 0 Å². The van der Waals surface area contributed by atoms with Gasteiger partial charge in [0.25, 0.3) is 0 Å². The van der Waals surface area contributed by atoms with Crippen LogP contribution in [-0.4, -0.2) is 28.5 Å². The Morgan fingerprint density at radius 1 is 1.05 bits per heavy atom. The summed E-state index contributed by atoms with van der Waals surface area (Å²) in [6, 6.07) is 0.305. The fourth-order valence-electron chi connectivity index (χ4n) is 6.80. The van der Waals surface area contributed by atoms with Gasteiger partial charge in [-0.2, -0.15) is 0 Å². The number of rotatable bonds is 0. The second-order valence-electron chi connectivity index (χ2n) is 9.05. The Morgan fingerprint density at radius 2 is 1.82 bits per heavy atom. The molecule has 0 aromatic carbocycles. The van der Waals surface area contributed by atoms with Crippen molar-refractivity contribution in [1.29, 1.82) is 0 Å². The molecule has 3 nitrogen and oxygen atoms in total. The largest absolute Gasteiger partial charge is 0.393 e. The highest BCUT2D eigenvalue weighted by Gasteiger charge is 2.61. The van der Waals surface area contributed by atoms with E-state index < -0.39 is 0 Å². The third kappa shape index (κ3) is 1.85. The summed E-state index contributed by atoms with van der Waals surface area (Å²) in [5.74, 6) is 1.94. The molecule has 4 rings (SSSR count). The van der Waals surface area contributed by atoms with E-state index in [9.17, 15) is 10.2 Å². The fraction of sp³-hybridized carbons (Fsp3) is 0.895. The topological polar surface area (TPSA) is 66.5 Å². The Hall–Kier alpha value is -0.380. The van der Waals surface area contributed by atoms with E-state index in [1.165, 1.54) is 19.3 Å². The van der Waals surface area contributed by atoms with Crippen LogP contribution in [0.1, 0.15) is 52.4 Å². The van der Waals surface area contributed by atoms with E-state index >= 15 is 0 Å². The molecule has 22 heavy (non-hydrogen) atoms. The molecule has 4 aliphatic carbocycles. The number of fused-ring (bicyclic) bond motifs is 5. The molecule has 0 amide bonds. The molecular formula is C19H31NO2. The minimum atomic E-state index is -0.324. The van der Waals surface area contributed by atoms with Gasteiger partial charge < -0.3 is 15.9 Å². The predicted octanol–water partition coefficient (Wildman–Crippen LogP) is 2.46. The van der Waals surface area contributed by atoms with Crippen LogP contribution in [-0.2, 0) is 0 Å². The summed E-state index contributed by atoms with van der Waals surface area (Å²) < 4.78 is 0. The van der Waals surface area contributed by atoms with Crippen LogP contribution in [0.25, 0.3) is 0 Å². The fourth-order valence-corrected chi connectivity index (χ4v) is 6.80. The number of aliphatic hydroxyl groups is 2. The Kier molecular flexibility index (Phi) is 3.32. The molecule has 3 saturated carbocycles. The zero-order chi connectivity index (χ0) is 15.7. The second-order valence-corrected chi connectivity index (χ2v) is 9.05. The molecule has 0 radical (unpaired) electrons. The van der Waals surface area contributed by atoms with Gasteiger partial charge in [-0.25, -0.2) is 0 Å². The van der Waals surface area contributed by atoms with Gasteiger partial charge in [-0.15, -0.1) is 0 Å². The summed E-state index contributed by atoms with van der Waals surface area (Å²) in [6.07, 6.45) is 10.1. The second kappa shape index (κ2) is 4.81. The smallest absolute Gasteiger partial charge is 0.0724 e. The van der Waals surface area contributed by atoms with E-state index in [0.717, 1.165) is 19.3 Å². The summed E-state index contributed by atoms with van der Waals surface area (Å²) in [5, 5.41) is 20.9. The maximum absolute atomic E-state index is 10.9. The molecule has 0 spiro atoms. The number of nitrogens with two attached hydrogens (primary N) is 1. The Bertz CT molecular complexity index is 492. The molecule has 0 heterocycles. The van der Waals surface area contributed by atoms with E-state index in [1.54, 1.807) is 0 Å². The SMILES string of the molecule is C[C@]12CC[C@H]3[C@@H]([C@@H](O)CC4C[C@@H](O)C=C[C@@]43C)[C@@H]1CC[C@@H]2N. The maximum atomic E-state index is 10.9. The van der Waals surface area contributed by atoms with E-state index in [2.05, 4.69) is 19.9 Å². The van der Waals surface area contributed by atoms with E-state index in [1.807, 2.05) is 6.08 Å². The van der Waals surface area contributed by atoms with Crippen molar-refractivity contribution in [3.05, 3.63) is 12.2 Å². The highest BCUT2D eigenvalue weighted by Crippen LogP contribution is 2.64. The van der Waals surface area contributed by atoms with E-state index in [4.69, 9.17) is 5.73 Å². The first-order valence-corrected chi connectivity index (χ1v) is 9.17. The first-order valence-electron chi connectivity index (χ1n) is 9.17. The van der Waals surface area contributed by atoms with Crippen molar-refractivity contribution in [2.75, 3.05) is 0 Å². The molecule has 4 aliphatic rings. The van der Waals surface area contributed by atoms with Crippen LogP contribution in [0.15, 0.2) is 12.2 Å². The zero-order valence-corrected chi connectivity index (χ0v) is 13.9. The quantitative estimate of drug-likeness (QED) is 0.602. The van der Waals surface area contributed by atoms with Gasteiger partial charge >= 0.3 is 0 Å². The summed E-state index contributed by atoms with van der Waals surface area (Å²) in [5.41, 5.74) is 6.82. The number of allylic oxidation sites excluding steroid dienone is 1. The Labute approximate surface area is 134 Å². The lowest BCUT2D eigenvalue weighted by Gasteiger charge is -2.60. The van der Waals surface area contributed by atoms with Gasteiger partial charge in [0.15, 0.2) is 0 Å². The molecule has 1 unspecified atom stereocenters. The van der Waals surface area contributed by atoms with Crippen LogP contribution < -0.4 is 5.73 Å². The van der Waals surface area contributed by atoms with Crippen molar-refractivity contribution in [2.45, 2.75) is 70.6 Å². The van der Waals surface area contributed by atoms with Crippen LogP contribution in [0.5, 0.6) is 0 Å². The van der Waals surface area contributed by atoms with Crippen molar-refractivity contribution in [2.24, 2.45) is 40.2 Å². The molecule has 0 aliphatic heterocycles. The molecular weight excluding hydrogens is 274 g/mol. The number of hydrogen-bond acceptors (Lipinski definition) is 3. The third-order valence-electron chi connectivity index (χ3n) is 8.26. The van der Waals surface area contributed by atoms with Crippen LogP contribution in [0, 0.1) is 34.5 Å². The van der Waals surface area contributed by atoms with Crippen molar-refractivity contribution < 1.29 is 10.2 Å². The predicted molar refractivity (Wildman–Crippen MR) is 87.0 cm³/mol.